The van der Waals surface area contributed by atoms with Crippen LogP contribution in [0.5, 0.6) is 11.5 Å². The van der Waals surface area contributed by atoms with E-state index in [2.05, 4.69) is 6.07 Å². The van der Waals surface area contributed by atoms with Gasteiger partial charge in [-0.05, 0) is 30.5 Å². The number of nitrogens with zero attached hydrogens (tertiary/aromatic N) is 1. The predicted molar refractivity (Wildman–Crippen MR) is 66.6 cm³/mol. The lowest BCUT2D eigenvalue weighted by atomic mass is 9.90. The molecule has 1 aromatic rings. The quantitative estimate of drug-likeness (QED) is 0.824. The molecule has 2 unspecified atom stereocenters. The molecule has 0 N–H and O–H groups in total. The Kier molecular flexibility index (Phi) is 4.06. The van der Waals surface area contributed by atoms with Crippen LogP contribution in [0, 0.1) is 17.2 Å². The average molecular weight is 247 g/mol. The first-order chi connectivity index (χ1) is 8.78. The Balaban J connectivity index is 2.33. The maximum atomic E-state index is 9.18. The fourth-order valence-electron chi connectivity index (χ4n) is 2.24. The van der Waals surface area contributed by atoms with E-state index in [-0.39, 0.29) is 12.0 Å². The average Bonchev–Trinajstić information content (AvgIpc) is 2.46. The van der Waals surface area contributed by atoms with Gasteiger partial charge in [0, 0.05) is 12.7 Å². The molecule has 1 heterocycles. The SMILES string of the molecule is COc1cc(OC)cc(C2OCCCC2C#N)c1. The molecular formula is C14H17NO3. The summed E-state index contributed by atoms with van der Waals surface area (Å²) in [4.78, 5) is 0. The van der Waals surface area contributed by atoms with Crippen molar-refractivity contribution >= 4 is 0 Å². The van der Waals surface area contributed by atoms with Crippen molar-refractivity contribution in [2.75, 3.05) is 20.8 Å². The highest BCUT2D eigenvalue weighted by atomic mass is 16.5. The summed E-state index contributed by atoms with van der Waals surface area (Å²) < 4.78 is 16.2. The molecule has 4 heteroatoms. The number of ether oxygens (including phenoxy) is 3. The maximum absolute atomic E-state index is 9.18. The lowest BCUT2D eigenvalue weighted by molar-refractivity contribution is -0.0103. The van der Waals surface area contributed by atoms with E-state index in [4.69, 9.17) is 14.2 Å². The number of benzene rings is 1. The highest BCUT2D eigenvalue weighted by Gasteiger charge is 2.28. The van der Waals surface area contributed by atoms with E-state index < -0.39 is 0 Å². The van der Waals surface area contributed by atoms with Gasteiger partial charge in [0.15, 0.2) is 0 Å². The minimum Gasteiger partial charge on any atom is -0.497 e. The van der Waals surface area contributed by atoms with Crippen molar-refractivity contribution in [1.29, 1.82) is 5.26 Å². The largest absolute Gasteiger partial charge is 0.497 e. The van der Waals surface area contributed by atoms with E-state index in [1.54, 1.807) is 14.2 Å². The number of rotatable bonds is 3. The van der Waals surface area contributed by atoms with Crippen molar-refractivity contribution in [3.05, 3.63) is 23.8 Å². The first-order valence-electron chi connectivity index (χ1n) is 6.02. The Morgan fingerprint density at radius 1 is 1.22 bits per heavy atom. The highest BCUT2D eigenvalue weighted by molar-refractivity contribution is 5.40. The van der Waals surface area contributed by atoms with E-state index in [9.17, 15) is 5.26 Å². The van der Waals surface area contributed by atoms with Crippen LogP contribution < -0.4 is 9.47 Å². The van der Waals surface area contributed by atoms with Crippen LogP contribution in [0.25, 0.3) is 0 Å². The van der Waals surface area contributed by atoms with Gasteiger partial charge in [-0.1, -0.05) is 0 Å². The van der Waals surface area contributed by atoms with Gasteiger partial charge < -0.3 is 14.2 Å². The summed E-state index contributed by atoms with van der Waals surface area (Å²) in [5.74, 6) is 1.33. The summed E-state index contributed by atoms with van der Waals surface area (Å²) in [6, 6.07) is 7.95. The summed E-state index contributed by atoms with van der Waals surface area (Å²) in [5, 5.41) is 9.18. The van der Waals surface area contributed by atoms with Crippen molar-refractivity contribution in [2.24, 2.45) is 5.92 Å². The predicted octanol–water partition coefficient (Wildman–Crippen LogP) is 2.70. The number of hydrogen-bond donors (Lipinski definition) is 0. The van der Waals surface area contributed by atoms with Gasteiger partial charge in [-0.25, -0.2) is 0 Å². The molecule has 2 rings (SSSR count). The smallest absolute Gasteiger partial charge is 0.122 e. The molecule has 0 bridgehead atoms. The third kappa shape index (κ3) is 2.57. The topological polar surface area (TPSA) is 51.5 Å². The first kappa shape index (κ1) is 12.7. The standard InChI is InChI=1S/C14H17NO3/c1-16-12-6-11(7-13(8-12)17-2)14-10(9-15)4-3-5-18-14/h6-8,10,14H,3-5H2,1-2H3. The zero-order valence-corrected chi connectivity index (χ0v) is 10.7. The van der Waals surface area contributed by atoms with E-state index in [1.165, 1.54) is 0 Å². The van der Waals surface area contributed by atoms with Crippen molar-refractivity contribution < 1.29 is 14.2 Å². The molecule has 1 aromatic carbocycles. The summed E-state index contributed by atoms with van der Waals surface area (Å²) in [7, 11) is 3.23. The first-order valence-corrected chi connectivity index (χ1v) is 6.02. The third-order valence-electron chi connectivity index (χ3n) is 3.19. The van der Waals surface area contributed by atoms with Gasteiger partial charge in [0.1, 0.15) is 11.5 Å². The Hall–Kier alpha value is -1.73. The van der Waals surface area contributed by atoms with E-state index in [1.807, 2.05) is 18.2 Å². The molecule has 0 saturated carbocycles. The molecule has 96 valence electrons. The molecule has 1 fully saturated rings. The van der Waals surface area contributed by atoms with Crippen LogP contribution in [-0.2, 0) is 4.74 Å². The minimum atomic E-state index is -0.187. The second-order valence-corrected chi connectivity index (χ2v) is 4.32. The van der Waals surface area contributed by atoms with Crippen LogP contribution in [0.15, 0.2) is 18.2 Å². The van der Waals surface area contributed by atoms with Gasteiger partial charge >= 0.3 is 0 Å². The van der Waals surface area contributed by atoms with Crippen LogP contribution >= 0.6 is 0 Å². The Morgan fingerprint density at radius 2 is 1.89 bits per heavy atom. The molecule has 18 heavy (non-hydrogen) atoms. The van der Waals surface area contributed by atoms with E-state index in [0.29, 0.717) is 6.61 Å². The molecule has 2 atom stereocenters. The highest BCUT2D eigenvalue weighted by Crippen LogP contribution is 2.36. The fraction of sp³-hybridized carbons (Fsp3) is 0.500. The second-order valence-electron chi connectivity index (χ2n) is 4.32. The summed E-state index contributed by atoms with van der Waals surface area (Å²) in [6.45, 7) is 0.697. The molecule has 0 radical (unpaired) electrons. The molecule has 1 aliphatic heterocycles. The fourth-order valence-corrected chi connectivity index (χ4v) is 2.24. The van der Waals surface area contributed by atoms with E-state index >= 15 is 0 Å². The van der Waals surface area contributed by atoms with E-state index in [0.717, 1.165) is 29.9 Å². The Morgan fingerprint density at radius 3 is 2.44 bits per heavy atom. The van der Waals surface area contributed by atoms with Crippen molar-refractivity contribution in [2.45, 2.75) is 18.9 Å². The molecule has 0 spiro atoms. The summed E-state index contributed by atoms with van der Waals surface area (Å²) >= 11 is 0. The van der Waals surface area contributed by atoms with Gasteiger partial charge in [0.05, 0.1) is 32.3 Å². The van der Waals surface area contributed by atoms with Gasteiger partial charge in [-0.2, -0.15) is 5.26 Å². The molecule has 0 amide bonds. The van der Waals surface area contributed by atoms with Gasteiger partial charge in [-0.15, -0.1) is 0 Å². The molecule has 0 aliphatic carbocycles. The second kappa shape index (κ2) is 5.74. The van der Waals surface area contributed by atoms with Gasteiger partial charge in [-0.3, -0.25) is 0 Å². The van der Waals surface area contributed by atoms with Crippen LogP contribution in [0.1, 0.15) is 24.5 Å². The van der Waals surface area contributed by atoms with Crippen molar-refractivity contribution in [3.8, 4) is 17.6 Å². The van der Waals surface area contributed by atoms with Crippen LogP contribution in [0.4, 0.5) is 0 Å². The minimum absolute atomic E-state index is 0.101. The Labute approximate surface area is 107 Å². The van der Waals surface area contributed by atoms with Crippen molar-refractivity contribution in [1.82, 2.24) is 0 Å². The lowest BCUT2D eigenvalue weighted by Crippen LogP contribution is -2.21. The molecule has 1 aliphatic rings. The monoisotopic (exact) mass is 247 g/mol. The summed E-state index contributed by atoms with van der Waals surface area (Å²) in [5.41, 5.74) is 0.942. The molecule has 4 nitrogen and oxygen atoms in total. The summed E-state index contributed by atoms with van der Waals surface area (Å²) in [6.07, 6.45) is 1.63. The van der Waals surface area contributed by atoms with Gasteiger partial charge in [0.2, 0.25) is 0 Å². The number of methoxy groups -OCH3 is 2. The maximum Gasteiger partial charge on any atom is 0.122 e. The number of nitriles is 1. The van der Waals surface area contributed by atoms with Crippen LogP contribution in [0.3, 0.4) is 0 Å². The van der Waals surface area contributed by atoms with Crippen molar-refractivity contribution in [3.63, 3.8) is 0 Å². The zero-order valence-electron chi connectivity index (χ0n) is 10.7. The third-order valence-corrected chi connectivity index (χ3v) is 3.19. The molecule has 1 saturated heterocycles. The lowest BCUT2D eigenvalue weighted by Gasteiger charge is -2.28. The molecule has 0 aromatic heterocycles. The molecular weight excluding hydrogens is 230 g/mol. The zero-order chi connectivity index (χ0) is 13.0. The number of hydrogen-bond acceptors (Lipinski definition) is 4. The van der Waals surface area contributed by atoms with Gasteiger partial charge in [0.25, 0.3) is 0 Å². The van der Waals surface area contributed by atoms with Crippen LogP contribution in [0.2, 0.25) is 0 Å². The normalized spacial score (nSPS) is 23.2. The Bertz CT molecular complexity index is 431. The van der Waals surface area contributed by atoms with Crippen LogP contribution in [-0.4, -0.2) is 20.8 Å².